The van der Waals surface area contributed by atoms with Gasteiger partial charge in [-0.15, -0.1) is 0 Å². The quantitative estimate of drug-likeness (QED) is 0.384. The Balaban J connectivity index is 1.37. The maximum absolute atomic E-state index is 13.1. The molecule has 0 aliphatic heterocycles. The number of nitrogens with zero attached hydrogens (tertiary/aromatic N) is 2. The molecule has 33 heavy (non-hydrogen) atoms. The molecule has 2 amide bonds. The first-order valence-electron chi connectivity index (χ1n) is 10.0. The summed E-state index contributed by atoms with van der Waals surface area (Å²) in [6.07, 6.45) is 0.275. The number of rotatable bonds is 7. The molecule has 1 aromatic heterocycles. The van der Waals surface area contributed by atoms with E-state index in [4.69, 9.17) is 16.1 Å². The van der Waals surface area contributed by atoms with Gasteiger partial charge in [-0.2, -0.15) is 4.98 Å². The molecule has 0 bridgehead atoms. The van der Waals surface area contributed by atoms with Crippen molar-refractivity contribution in [3.8, 4) is 11.4 Å². The second-order valence-electron chi connectivity index (χ2n) is 7.07. The van der Waals surface area contributed by atoms with Gasteiger partial charge in [0.25, 0.3) is 5.91 Å². The molecule has 3 aromatic carbocycles. The van der Waals surface area contributed by atoms with Crippen molar-refractivity contribution >= 4 is 34.8 Å². The summed E-state index contributed by atoms with van der Waals surface area (Å²) < 4.78 is 18.2. The molecule has 0 spiro atoms. The Morgan fingerprint density at radius 2 is 1.67 bits per heavy atom. The van der Waals surface area contributed by atoms with Gasteiger partial charge in [0.2, 0.25) is 17.6 Å². The van der Waals surface area contributed by atoms with E-state index in [1.165, 1.54) is 12.1 Å². The number of aryl methyl sites for hydroxylation is 1. The van der Waals surface area contributed by atoms with Gasteiger partial charge in [-0.25, -0.2) is 4.39 Å². The molecule has 0 aliphatic carbocycles. The van der Waals surface area contributed by atoms with Crippen LogP contribution in [0.3, 0.4) is 0 Å². The van der Waals surface area contributed by atoms with Gasteiger partial charge in [0.05, 0.1) is 11.3 Å². The predicted molar refractivity (Wildman–Crippen MR) is 122 cm³/mol. The molecule has 7 nitrogen and oxygen atoms in total. The van der Waals surface area contributed by atoms with Crippen LogP contribution in [0.2, 0.25) is 5.02 Å². The summed E-state index contributed by atoms with van der Waals surface area (Å²) in [5, 5.41) is 9.94. The lowest BCUT2D eigenvalue weighted by atomic mass is 10.1. The molecule has 1 heterocycles. The van der Waals surface area contributed by atoms with Gasteiger partial charge in [-0.3, -0.25) is 9.59 Å². The summed E-state index contributed by atoms with van der Waals surface area (Å²) in [4.78, 5) is 29.4. The summed E-state index contributed by atoms with van der Waals surface area (Å²) in [5.74, 6) is -0.452. The zero-order chi connectivity index (χ0) is 23.2. The molecule has 0 saturated heterocycles. The van der Waals surface area contributed by atoms with Crippen molar-refractivity contribution in [1.82, 2.24) is 10.1 Å². The zero-order valence-electron chi connectivity index (χ0n) is 17.2. The van der Waals surface area contributed by atoms with E-state index in [0.717, 1.165) is 0 Å². The molecular weight excluding hydrogens is 447 g/mol. The standard InChI is InChI=1S/C24H18ClFN4O3/c25-16-7-11-18(12-8-16)27-24(32)19-3-1-2-4-20(19)28-21(31)13-14-22-29-23(30-33-22)15-5-9-17(26)10-6-15/h1-12H,13-14H2,(H,27,32)(H,28,31). The zero-order valence-corrected chi connectivity index (χ0v) is 18.0. The van der Waals surface area contributed by atoms with E-state index in [-0.39, 0.29) is 36.4 Å². The number of halogens is 2. The third kappa shape index (κ3) is 5.81. The van der Waals surface area contributed by atoms with E-state index in [9.17, 15) is 14.0 Å². The Labute approximate surface area is 193 Å². The van der Waals surface area contributed by atoms with Gasteiger partial charge >= 0.3 is 0 Å². The fourth-order valence-corrected chi connectivity index (χ4v) is 3.15. The highest BCUT2D eigenvalue weighted by atomic mass is 35.5. The molecule has 0 radical (unpaired) electrons. The molecule has 2 N–H and O–H groups in total. The van der Waals surface area contributed by atoms with E-state index in [2.05, 4.69) is 20.8 Å². The molecule has 0 unspecified atom stereocenters. The van der Waals surface area contributed by atoms with Crippen molar-refractivity contribution < 1.29 is 18.5 Å². The van der Waals surface area contributed by atoms with Crippen LogP contribution in [0, 0.1) is 5.82 Å². The number of amides is 2. The van der Waals surface area contributed by atoms with E-state index in [0.29, 0.717) is 33.3 Å². The van der Waals surface area contributed by atoms with Crippen LogP contribution in [0.15, 0.2) is 77.3 Å². The minimum absolute atomic E-state index is 0.0676. The van der Waals surface area contributed by atoms with Crippen LogP contribution in [0.4, 0.5) is 15.8 Å². The third-order valence-electron chi connectivity index (χ3n) is 4.68. The van der Waals surface area contributed by atoms with E-state index in [1.807, 2.05) is 0 Å². The molecule has 4 rings (SSSR count). The first-order chi connectivity index (χ1) is 16.0. The van der Waals surface area contributed by atoms with Crippen LogP contribution < -0.4 is 10.6 Å². The normalized spacial score (nSPS) is 10.6. The highest BCUT2D eigenvalue weighted by molar-refractivity contribution is 6.30. The van der Waals surface area contributed by atoms with Crippen LogP contribution in [-0.2, 0) is 11.2 Å². The van der Waals surface area contributed by atoms with E-state index >= 15 is 0 Å². The lowest BCUT2D eigenvalue weighted by Crippen LogP contribution is -2.18. The minimum atomic E-state index is -0.367. The summed E-state index contributed by atoms with van der Waals surface area (Å²) in [7, 11) is 0. The van der Waals surface area contributed by atoms with Crippen molar-refractivity contribution in [2.24, 2.45) is 0 Å². The average Bonchev–Trinajstić information content (AvgIpc) is 3.29. The summed E-state index contributed by atoms with van der Waals surface area (Å²) >= 11 is 5.87. The second kappa shape index (κ2) is 10.1. The number of benzene rings is 3. The van der Waals surface area contributed by atoms with Crippen molar-refractivity contribution in [1.29, 1.82) is 0 Å². The number of carbonyl (C=O) groups is 2. The Hall–Kier alpha value is -4.04. The Morgan fingerprint density at radius 3 is 2.42 bits per heavy atom. The van der Waals surface area contributed by atoms with Crippen molar-refractivity contribution in [2.75, 3.05) is 10.6 Å². The minimum Gasteiger partial charge on any atom is -0.339 e. The molecule has 0 aliphatic rings. The van der Waals surface area contributed by atoms with Crippen LogP contribution in [-0.4, -0.2) is 22.0 Å². The SMILES string of the molecule is O=C(CCc1nc(-c2ccc(F)cc2)no1)Nc1ccccc1C(=O)Nc1ccc(Cl)cc1. The maximum atomic E-state index is 13.1. The number of anilines is 2. The highest BCUT2D eigenvalue weighted by Gasteiger charge is 2.15. The first-order valence-corrected chi connectivity index (χ1v) is 10.4. The Kier molecular flexibility index (Phi) is 6.75. The molecule has 0 fully saturated rings. The number of aromatic nitrogens is 2. The fourth-order valence-electron chi connectivity index (χ4n) is 3.03. The second-order valence-corrected chi connectivity index (χ2v) is 7.51. The predicted octanol–water partition coefficient (Wildman–Crippen LogP) is 5.35. The first kappa shape index (κ1) is 22.2. The molecule has 0 atom stereocenters. The van der Waals surface area contributed by atoms with E-state index < -0.39 is 0 Å². The molecule has 4 aromatic rings. The third-order valence-corrected chi connectivity index (χ3v) is 4.94. The Bertz CT molecular complexity index is 1270. The fraction of sp³-hybridized carbons (Fsp3) is 0.0833. The topological polar surface area (TPSA) is 97.1 Å². The van der Waals surface area contributed by atoms with Crippen molar-refractivity contribution in [3.63, 3.8) is 0 Å². The van der Waals surface area contributed by atoms with Gasteiger partial charge < -0.3 is 15.2 Å². The monoisotopic (exact) mass is 464 g/mol. The summed E-state index contributed by atoms with van der Waals surface area (Å²) in [5.41, 5.74) is 1.89. The van der Waals surface area contributed by atoms with Crippen LogP contribution >= 0.6 is 11.6 Å². The number of carbonyl (C=O) groups excluding carboxylic acids is 2. The maximum Gasteiger partial charge on any atom is 0.257 e. The molecule has 166 valence electrons. The number of para-hydroxylation sites is 1. The average molecular weight is 465 g/mol. The van der Waals surface area contributed by atoms with E-state index in [1.54, 1.807) is 60.7 Å². The molecule has 0 saturated carbocycles. The van der Waals surface area contributed by atoms with Gasteiger partial charge in [0, 0.05) is 29.1 Å². The smallest absolute Gasteiger partial charge is 0.257 e. The molecule has 9 heteroatoms. The number of hydrogen-bond donors (Lipinski definition) is 2. The highest BCUT2D eigenvalue weighted by Crippen LogP contribution is 2.20. The largest absolute Gasteiger partial charge is 0.339 e. The van der Waals surface area contributed by atoms with Crippen LogP contribution in [0.1, 0.15) is 22.7 Å². The van der Waals surface area contributed by atoms with Crippen LogP contribution in [0.5, 0.6) is 0 Å². The summed E-state index contributed by atoms with van der Waals surface area (Å²) in [6.45, 7) is 0. The number of nitrogens with one attached hydrogen (secondary N) is 2. The van der Waals surface area contributed by atoms with Crippen molar-refractivity contribution in [3.05, 3.63) is 95.1 Å². The van der Waals surface area contributed by atoms with Gasteiger partial charge in [-0.1, -0.05) is 28.9 Å². The lowest BCUT2D eigenvalue weighted by Gasteiger charge is -2.11. The lowest BCUT2D eigenvalue weighted by molar-refractivity contribution is -0.116. The van der Waals surface area contributed by atoms with Gasteiger partial charge in [0.1, 0.15) is 5.82 Å². The Morgan fingerprint density at radius 1 is 0.939 bits per heavy atom. The number of hydrogen-bond acceptors (Lipinski definition) is 5. The molecular formula is C24H18ClFN4O3. The van der Waals surface area contributed by atoms with Crippen molar-refractivity contribution in [2.45, 2.75) is 12.8 Å². The van der Waals surface area contributed by atoms with Crippen LogP contribution in [0.25, 0.3) is 11.4 Å². The summed E-state index contributed by atoms with van der Waals surface area (Å²) in [6, 6.07) is 19.1. The van der Waals surface area contributed by atoms with Gasteiger partial charge in [0.15, 0.2) is 0 Å². The van der Waals surface area contributed by atoms with Gasteiger partial charge in [-0.05, 0) is 60.7 Å².